The summed E-state index contributed by atoms with van der Waals surface area (Å²) in [5.41, 5.74) is 5.11. The molecule has 0 aliphatic heterocycles. The number of carbonyl (C=O) groups is 1. The van der Waals surface area contributed by atoms with Crippen molar-refractivity contribution >= 4 is 5.91 Å². The minimum atomic E-state index is -0.883. The Bertz CT molecular complexity index is 107. The van der Waals surface area contributed by atoms with Crippen LogP contribution in [0.5, 0.6) is 0 Å². The van der Waals surface area contributed by atoms with E-state index in [-0.39, 0.29) is 19.8 Å². The van der Waals surface area contributed by atoms with Crippen LogP contribution in [-0.2, 0) is 4.79 Å². The molecule has 0 bridgehead atoms. The molecule has 0 fully saturated rings. The van der Waals surface area contributed by atoms with Crippen molar-refractivity contribution in [1.82, 2.24) is 5.32 Å². The molecule has 0 aliphatic carbocycles. The molecule has 0 saturated heterocycles. The lowest BCUT2D eigenvalue weighted by Crippen LogP contribution is -2.43. The highest BCUT2D eigenvalue weighted by Crippen LogP contribution is 1.74. The fourth-order valence-corrected chi connectivity index (χ4v) is 0.393. The van der Waals surface area contributed by atoms with Gasteiger partial charge in [0.15, 0.2) is 0 Å². The first-order valence-corrected chi connectivity index (χ1v) is 2.97. The predicted molar refractivity (Wildman–Crippen MR) is 35.2 cm³/mol. The molecule has 1 amide bonds. The Morgan fingerprint density at radius 2 is 2.20 bits per heavy atom. The van der Waals surface area contributed by atoms with E-state index in [0.29, 0.717) is 0 Å². The van der Waals surface area contributed by atoms with E-state index in [4.69, 9.17) is 15.9 Å². The smallest absolute Gasteiger partial charge is 0.239 e. The van der Waals surface area contributed by atoms with E-state index in [1.807, 2.05) is 0 Å². The third-order valence-electron chi connectivity index (χ3n) is 0.945. The topological polar surface area (TPSA) is 95.6 Å². The van der Waals surface area contributed by atoms with Gasteiger partial charge in [0.2, 0.25) is 5.91 Å². The van der Waals surface area contributed by atoms with Gasteiger partial charge in [-0.1, -0.05) is 0 Å². The van der Waals surface area contributed by atoms with Crippen molar-refractivity contribution in [3.05, 3.63) is 0 Å². The van der Waals surface area contributed by atoms with Crippen molar-refractivity contribution in [2.75, 3.05) is 19.8 Å². The lowest BCUT2D eigenvalue weighted by atomic mass is 10.3. The zero-order valence-corrected chi connectivity index (χ0v) is 5.58. The lowest BCUT2D eigenvalue weighted by Gasteiger charge is -2.07. The van der Waals surface area contributed by atoms with E-state index in [9.17, 15) is 4.79 Å². The molecule has 1 atom stereocenters. The highest BCUT2D eigenvalue weighted by Gasteiger charge is 2.09. The van der Waals surface area contributed by atoms with Crippen LogP contribution in [0.25, 0.3) is 0 Å². The summed E-state index contributed by atoms with van der Waals surface area (Å²) >= 11 is 0. The summed E-state index contributed by atoms with van der Waals surface area (Å²) < 4.78 is 0. The highest BCUT2D eigenvalue weighted by molar-refractivity contribution is 5.81. The fraction of sp³-hybridized carbons (Fsp3) is 0.800. The fourth-order valence-electron chi connectivity index (χ4n) is 0.393. The largest absolute Gasteiger partial charge is 0.395 e. The molecular formula is C5H12N2O3. The van der Waals surface area contributed by atoms with Gasteiger partial charge in [-0.05, 0) is 0 Å². The molecule has 0 radical (unpaired) electrons. The van der Waals surface area contributed by atoms with Gasteiger partial charge in [0.1, 0.15) is 6.04 Å². The van der Waals surface area contributed by atoms with E-state index < -0.39 is 11.9 Å². The molecule has 5 N–H and O–H groups in total. The summed E-state index contributed by atoms with van der Waals surface area (Å²) in [5, 5.41) is 18.9. The summed E-state index contributed by atoms with van der Waals surface area (Å²) in [4.78, 5) is 10.6. The van der Waals surface area contributed by atoms with Gasteiger partial charge in [-0.3, -0.25) is 4.79 Å². The maximum absolute atomic E-state index is 10.6. The normalized spacial score (nSPS) is 12.7. The first kappa shape index (κ1) is 9.35. The molecule has 0 aromatic heterocycles. The molecule has 0 rings (SSSR count). The zero-order chi connectivity index (χ0) is 7.98. The zero-order valence-electron chi connectivity index (χ0n) is 5.58. The van der Waals surface area contributed by atoms with Gasteiger partial charge in [0.25, 0.3) is 0 Å². The predicted octanol–water partition coefficient (Wildman–Crippen LogP) is -2.59. The SMILES string of the molecule is N[C@H](CO)C(=O)NCCO. The number of nitrogens with one attached hydrogen (secondary N) is 1. The van der Waals surface area contributed by atoms with Crippen molar-refractivity contribution in [3.8, 4) is 0 Å². The van der Waals surface area contributed by atoms with E-state index in [1.165, 1.54) is 0 Å². The van der Waals surface area contributed by atoms with Gasteiger partial charge in [-0.2, -0.15) is 0 Å². The second-order valence-electron chi connectivity index (χ2n) is 1.80. The van der Waals surface area contributed by atoms with Crippen molar-refractivity contribution in [3.63, 3.8) is 0 Å². The number of aliphatic hydroxyl groups is 2. The molecule has 0 heterocycles. The van der Waals surface area contributed by atoms with Crippen LogP contribution >= 0.6 is 0 Å². The van der Waals surface area contributed by atoms with Crippen LogP contribution in [0.3, 0.4) is 0 Å². The molecule has 0 saturated carbocycles. The molecule has 0 aromatic rings. The van der Waals surface area contributed by atoms with Crippen LogP contribution < -0.4 is 11.1 Å². The Morgan fingerprint density at radius 3 is 2.60 bits per heavy atom. The van der Waals surface area contributed by atoms with E-state index in [0.717, 1.165) is 0 Å². The average Bonchev–Trinajstić information content (AvgIpc) is 1.98. The van der Waals surface area contributed by atoms with Gasteiger partial charge >= 0.3 is 0 Å². The first-order valence-electron chi connectivity index (χ1n) is 2.97. The Hall–Kier alpha value is -0.650. The Kier molecular flexibility index (Phi) is 4.82. The number of hydrogen-bond donors (Lipinski definition) is 4. The molecule has 5 heteroatoms. The molecule has 0 unspecified atom stereocenters. The van der Waals surface area contributed by atoms with Gasteiger partial charge < -0.3 is 21.3 Å². The molecule has 10 heavy (non-hydrogen) atoms. The third kappa shape index (κ3) is 3.39. The lowest BCUT2D eigenvalue weighted by molar-refractivity contribution is -0.123. The standard InChI is InChI=1S/C5H12N2O3/c6-4(3-9)5(10)7-1-2-8/h4,8-9H,1-3,6H2,(H,7,10)/t4-/m1/s1. The van der Waals surface area contributed by atoms with E-state index in [1.54, 1.807) is 0 Å². The second kappa shape index (κ2) is 5.16. The Morgan fingerprint density at radius 1 is 1.60 bits per heavy atom. The molecule has 0 spiro atoms. The quantitative estimate of drug-likeness (QED) is 0.352. The van der Waals surface area contributed by atoms with Crippen LogP contribution in [0.4, 0.5) is 0 Å². The highest BCUT2D eigenvalue weighted by atomic mass is 16.3. The van der Waals surface area contributed by atoms with E-state index >= 15 is 0 Å². The van der Waals surface area contributed by atoms with Crippen LogP contribution in [-0.4, -0.2) is 41.9 Å². The molecule has 5 nitrogen and oxygen atoms in total. The number of hydrogen-bond acceptors (Lipinski definition) is 4. The molecular weight excluding hydrogens is 136 g/mol. The summed E-state index contributed by atoms with van der Waals surface area (Å²) in [6, 6.07) is -0.883. The minimum Gasteiger partial charge on any atom is -0.395 e. The maximum atomic E-state index is 10.6. The Labute approximate surface area is 58.8 Å². The number of amides is 1. The Balaban J connectivity index is 3.42. The van der Waals surface area contributed by atoms with Gasteiger partial charge in [0.05, 0.1) is 13.2 Å². The summed E-state index contributed by atoms with van der Waals surface area (Å²) in [7, 11) is 0. The van der Waals surface area contributed by atoms with Crippen molar-refractivity contribution in [1.29, 1.82) is 0 Å². The van der Waals surface area contributed by atoms with Crippen LogP contribution in [0.1, 0.15) is 0 Å². The van der Waals surface area contributed by atoms with E-state index in [2.05, 4.69) is 5.32 Å². The van der Waals surface area contributed by atoms with Crippen molar-refractivity contribution in [2.24, 2.45) is 5.73 Å². The maximum Gasteiger partial charge on any atom is 0.239 e. The molecule has 0 aromatic carbocycles. The second-order valence-corrected chi connectivity index (χ2v) is 1.80. The van der Waals surface area contributed by atoms with Gasteiger partial charge in [-0.15, -0.1) is 0 Å². The summed E-state index contributed by atoms with van der Waals surface area (Å²) in [6.45, 7) is -0.326. The third-order valence-corrected chi connectivity index (χ3v) is 0.945. The summed E-state index contributed by atoms with van der Waals surface area (Å²) in [6.07, 6.45) is 0. The first-order chi connectivity index (χ1) is 4.72. The minimum absolute atomic E-state index is 0.121. The number of nitrogens with two attached hydrogens (primary N) is 1. The van der Waals surface area contributed by atoms with Crippen LogP contribution in [0.15, 0.2) is 0 Å². The molecule has 60 valence electrons. The van der Waals surface area contributed by atoms with Crippen LogP contribution in [0.2, 0.25) is 0 Å². The van der Waals surface area contributed by atoms with Crippen molar-refractivity contribution in [2.45, 2.75) is 6.04 Å². The number of rotatable bonds is 4. The monoisotopic (exact) mass is 148 g/mol. The van der Waals surface area contributed by atoms with Crippen LogP contribution in [0, 0.1) is 0 Å². The molecule has 0 aliphatic rings. The number of carbonyl (C=O) groups excluding carboxylic acids is 1. The van der Waals surface area contributed by atoms with Gasteiger partial charge in [-0.25, -0.2) is 0 Å². The summed E-state index contributed by atoms with van der Waals surface area (Å²) in [5.74, 6) is -0.448. The van der Waals surface area contributed by atoms with Crippen molar-refractivity contribution < 1.29 is 15.0 Å². The van der Waals surface area contributed by atoms with Gasteiger partial charge in [0, 0.05) is 6.54 Å². The number of aliphatic hydroxyl groups excluding tert-OH is 2. The average molecular weight is 148 g/mol.